The van der Waals surface area contributed by atoms with Crippen LogP contribution in [0.25, 0.3) is 0 Å². The SMILES string of the molecule is CCCCCCCCCCCCCCCCCCCCCC/C=C/CC/C=C/C(O)C(COC1OC(CO)C(O)C(O)C1O)NC(=O)CCCCCCCCCCCCCCCCCCCC. The monoisotopic (exact) mass is 950 g/mol. The lowest BCUT2D eigenvalue weighted by Gasteiger charge is -2.40. The van der Waals surface area contributed by atoms with Crippen LogP contribution < -0.4 is 5.32 Å². The lowest BCUT2D eigenvalue weighted by atomic mass is 9.99. The maximum absolute atomic E-state index is 13.0. The number of unbranched alkanes of at least 4 members (excludes halogenated alkanes) is 38. The van der Waals surface area contributed by atoms with Gasteiger partial charge in [0.2, 0.25) is 5.91 Å². The van der Waals surface area contributed by atoms with E-state index in [9.17, 15) is 30.3 Å². The van der Waals surface area contributed by atoms with Crippen molar-refractivity contribution >= 4 is 5.91 Å². The molecule has 396 valence electrons. The summed E-state index contributed by atoms with van der Waals surface area (Å²) in [6, 6.07) is -0.818. The number of aliphatic hydroxyl groups is 5. The summed E-state index contributed by atoms with van der Waals surface area (Å²) in [6.07, 6.45) is 53.9. The van der Waals surface area contributed by atoms with E-state index in [1.165, 1.54) is 225 Å². The van der Waals surface area contributed by atoms with Crippen molar-refractivity contribution in [1.29, 1.82) is 0 Å². The van der Waals surface area contributed by atoms with Gasteiger partial charge in [0, 0.05) is 6.42 Å². The first-order chi connectivity index (χ1) is 32.8. The molecule has 9 nitrogen and oxygen atoms in total. The molecule has 1 aliphatic rings. The van der Waals surface area contributed by atoms with Gasteiger partial charge in [0.05, 0.1) is 25.4 Å². The van der Waals surface area contributed by atoms with Crippen LogP contribution in [-0.4, -0.2) is 87.5 Å². The fourth-order valence-electron chi connectivity index (χ4n) is 9.41. The fourth-order valence-corrected chi connectivity index (χ4v) is 9.41. The third-order valence-electron chi connectivity index (χ3n) is 14.0. The van der Waals surface area contributed by atoms with Crippen molar-refractivity contribution in [3.05, 3.63) is 24.3 Å². The normalized spacial score (nSPS) is 19.8. The number of nitrogens with one attached hydrogen (secondary N) is 1. The van der Waals surface area contributed by atoms with Crippen LogP contribution in [0.2, 0.25) is 0 Å². The molecular weight excluding hydrogens is 839 g/mol. The van der Waals surface area contributed by atoms with Crippen LogP contribution in [0, 0.1) is 0 Å². The number of aliphatic hydroxyl groups excluding tert-OH is 5. The van der Waals surface area contributed by atoms with Crippen LogP contribution in [0.4, 0.5) is 0 Å². The number of hydrogen-bond donors (Lipinski definition) is 6. The molecule has 0 aliphatic carbocycles. The van der Waals surface area contributed by atoms with E-state index in [0.29, 0.717) is 6.42 Å². The molecule has 6 N–H and O–H groups in total. The van der Waals surface area contributed by atoms with Gasteiger partial charge in [-0.05, 0) is 32.1 Å². The van der Waals surface area contributed by atoms with Crippen molar-refractivity contribution in [3.63, 3.8) is 0 Å². The highest BCUT2D eigenvalue weighted by Crippen LogP contribution is 2.23. The molecule has 1 heterocycles. The number of amides is 1. The van der Waals surface area contributed by atoms with Crippen molar-refractivity contribution in [2.24, 2.45) is 0 Å². The van der Waals surface area contributed by atoms with Crippen LogP contribution in [0.15, 0.2) is 24.3 Å². The lowest BCUT2D eigenvalue weighted by Crippen LogP contribution is -2.60. The number of hydrogen-bond acceptors (Lipinski definition) is 8. The highest BCUT2D eigenvalue weighted by atomic mass is 16.7. The first-order valence-corrected chi connectivity index (χ1v) is 29.1. The summed E-state index contributed by atoms with van der Waals surface area (Å²) in [5, 5.41) is 54.5. The second-order valence-electron chi connectivity index (χ2n) is 20.4. The van der Waals surface area contributed by atoms with Crippen molar-refractivity contribution in [3.8, 4) is 0 Å². The maximum Gasteiger partial charge on any atom is 0.220 e. The second kappa shape index (κ2) is 48.3. The van der Waals surface area contributed by atoms with Crippen molar-refractivity contribution in [2.45, 2.75) is 326 Å². The summed E-state index contributed by atoms with van der Waals surface area (Å²) in [5.74, 6) is -0.181. The van der Waals surface area contributed by atoms with E-state index in [1.54, 1.807) is 6.08 Å². The van der Waals surface area contributed by atoms with Gasteiger partial charge in [0.15, 0.2) is 6.29 Å². The van der Waals surface area contributed by atoms with Gasteiger partial charge < -0.3 is 40.3 Å². The second-order valence-corrected chi connectivity index (χ2v) is 20.4. The Labute approximate surface area is 413 Å². The molecule has 0 aromatic rings. The number of rotatable bonds is 50. The Morgan fingerprint density at radius 2 is 0.851 bits per heavy atom. The van der Waals surface area contributed by atoms with E-state index in [4.69, 9.17) is 9.47 Å². The summed E-state index contributed by atoms with van der Waals surface area (Å²) in [5.41, 5.74) is 0. The molecule has 0 aromatic carbocycles. The molecule has 1 rings (SSSR count). The molecule has 1 amide bonds. The van der Waals surface area contributed by atoms with E-state index in [1.807, 2.05) is 6.08 Å². The summed E-state index contributed by atoms with van der Waals surface area (Å²) < 4.78 is 11.3. The molecule has 7 atom stereocenters. The Bertz CT molecular complexity index is 1100. The number of carbonyl (C=O) groups excluding carboxylic acids is 1. The number of ether oxygens (including phenoxy) is 2. The Morgan fingerprint density at radius 1 is 0.493 bits per heavy atom. The predicted molar refractivity (Wildman–Crippen MR) is 281 cm³/mol. The smallest absolute Gasteiger partial charge is 0.220 e. The van der Waals surface area contributed by atoms with E-state index in [2.05, 4.69) is 31.3 Å². The molecule has 7 unspecified atom stereocenters. The standard InChI is InChI=1S/C58H111NO8/c1-3-5-7-9-11-13-15-17-19-21-23-24-25-26-27-28-29-30-31-33-35-37-39-41-43-45-47-52(61)51(50-66-58-57(65)56(64)55(63)53(49-60)67-58)59-54(62)48-46-44-42-40-38-36-34-32-22-20-18-16-14-12-10-8-6-4-2/h37,39,45,47,51-53,55-58,60-61,63-65H,3-36,38,40-44,46,48-50H2,1-2H3,(H,59,62)/b39-37+,47-45+. The van der Waals surface area contributed by atoms with Gasteiger partial charge in [-0.15, -0.1) is 0 Å². The molecule has 0 aromatic heterocycles. The highest BCUT2D eigenvalue weighted by molar-refractivity contribution is 5.76. The minimum absolute atomic E-state index is 0.181. The Morgan fingerprint density at radius 3 is 1.25 bits per heavy atom. The van der Waals surface area contributed by atoms with Crippen LogP contribution in [0.1, 0.15) is 284 Å². The third kappa shape index (κ3) is 38.1. The van der Waals surface area contributed by atoms with Gasteiger partial charge in [0.25, 0.3) is 0 Å². The van der Waals surface area contributed by atoms with Crippen molar-refractivity contribution in [1.82, 2.24) is 5.32 Å². The third-order valence-corrected chi connectivity index (χ3v) is 14.0. The molecule has 0 bridgehead atoms. The van der Waals surface area contributed by atoms with Crippen LogP contribution in [0.3, 0.4) is 0 Å². The summed E-state index contributed by atoms with van der Waals surface area (Å²) in [6.45, 7) is 3.80. The average Bonchev–Trinajstić information content (AvgIpc) is 3.33. The molecular formula is C58H111NO8. The molecule has 0 radical (unpaired) electrons. The van der Waals surface area contributed by atoms with Crippen molar-refractivity contribution < 1.29 is 39.8 Å². The summed E-state index contributed by atoms with van der Waals surface area (Å²) in [7, 11) is 0. The predicted octanol–water partition coefficient (Wildman–Crippen LogP) is 14.2. The average molecular weight is 951 g/mol. The van der Waals surface area contributed by atoms with Gasteiger partial charge in [-0.25, -0.2) is 0 Å². The van der Waals surface area contributed by atoms with E-state index in [0.717, 1.165) is 38.5 Å². The number of carbonyl (C=O) groups is 1. The maximum atomic E-state index is 13.0. The first-order valence-electron chi connectivity index (χ1n) is 29.1. The lowest BCUT2D eigenvalue weighted by molar-refractivity contribution is -0.302. The Kier molecular flexibility index (Phi) is 45.9. The quantitative estimate of drug-likeness (QED) is 0.0261. The van der Waals surface area contributed by atoms with E-state index >= 15 is 0 Å². The van der Waals surface area contributed by atoms with Gasteiger partial charge in [0.1, 0.15) is 24.4 Å². The zero-order valence-electron chi connectivity index (χ0n) is 43.9. The fraction of sp³-hybridized carbons (Fsp3) is 0.914. The number of allylic oxidation sites excluding steroid dienone is 3. The Balaban J connectivity index is 2.23. The first kappa shape index (κ1) is 63.7. The largest absolute Gasteiger partial charge is 0.394 e. The van der Waals surface area contributed by atoms with Gasteiger partial charge >= 0.3 is 0 Å². The van der Waals surface area contributed by atoms with Gasteiger partial charge in [-0.1, -0.05) is 269 Å². The minimum atomic E-state index is -1.57. The zero-order chi connectivity index (χ0) is 48.7. The van der Waals surface area contributed by atoms with Crippen LogP contribution in [0.5, 0.6) is 0 Å². The molecule has 9 heteroatoms. The zero-order valence-corrected chi connectivity index (χ0v) is 43.9. The molecule has 67 heavy (non-hydrogen) atoms. The van der Waals surface area contributed by atoms with Crippen molar-refractivity contribution in [2.75, 3.05) is 13.2 Å². The van der Waals surface area contributed by atoms with E-state index in [-0.39, 0.29) is 12.5 Å². The topological polar surface area (TPSA) is 149 Å². The minimum Gasteiger partial charge on any atom is -0.394 e. The van der Waals surface area contributed by atoms with Gasteiger partial charge in [-0.3, -0.25) is 4.79 Å². The Hall–Kier alpha value is -1.33. The molecule has 1 fully saturated rings. The van der Waals surface area contributed by atoms with Crippen LogP contribution in [-0.2, 0) is 14.3 Å². The summed E-state index contributed by atoms with van der Waals surface area (Å²) in [4.78, 5) is 13.0. The van der Waals surface area contributed by atoms with Crippen LogP contribution >= 0.6 is 0 Å². The van der Waals surface area contributed by atoms with Gasteiger partial charge in [-0.2, -0.15) is 0 Å². The summed E-state index contributed by atoms with van der Waals surface area (Å²) >= 11 is 0. The highest BCUT2D eigenvalue weighted by Gasteiger charge is 2.44. The molecule has 1 aliphatic heterocycles. The van der Waals surface area contributed by atoms with E-state index < -0.39 is 49.5 Å². The molecule has 1 saturated heterocycles. The molecule has 0 spiro atoms. The molecule has 0 saturated carbocycles.